The zero-order chi connectivity index (χ0) is 13.1. The molecule has 0 unspecified atom stereocenters. The van der Waals surface area contributed by atoms with Crippen LogP contribution in [0.2, 0.25) is 0 Å². The smallest absolute Gasteiger partial charge is 0.356 e. The lowest BCUT2D eigenvalue weighted by molar-refractivity contribution is 0.0689. The molecule has 0 aliphatic carbocycles. The molecule has 2 aromatic rings. The lowest BCUT2D eigenvalue weighted by Crippen LogP contribution is -2.04. The summed E-state index contributed by atoms with van der Waals surface area (Å²) in [6.45, 7) is 0. The number of hydrogen-bond donors (Lipinski definition) is 2. The number of carboxylic acid groups (broad SMARTS) is 1. The van der Waals surface area contributed by atoms with Gasteiger partial charge >= 0.3 is 5.97 Å². The highest BCUT2D eigenvalue weighted by Gasteiger charge is 2.07. The van der Waals surface area contributed by atoms with Crippen molar-refractivity contribution in [1.82, 2.24) is 10.2 Å². The third-order valence-electron chi connectivity index (χ3n) is 2.08. The predicted molar refractivity (Wildman–Crippen MR) is 66.4 cm³/mol. The third kappa shape index (κ3) is 2.80. The lowest BCUT2D eigenvalue weighted by Gasteiger charge is -2.06. The van der Waals surface area contributed by atoms with E-state index >= 15 is 0 Å². The van der Waals surface area contributed by atoms with Gasteiger partial charge in [-0.05, 0) is 30.3 Å². The Morgan fingerprint density at radius 3 is 2.61 bits per heavy atom. The molecule has 0 aliphatic heterocycles. The molecule has 92 valence electrons. The van der Waals surface area contributed by atoms with Crippen LogP contribution in [0.3, 0.4) is 0 Å². The summed E-state index contributed by atoms with van der Waals surface area (Å²) in [7, 11) is 0. The van der Waals surface area contributed by atoms with Gasteiger partial charge < -0.3 is 10.4 Å². The second-order valence-corrected chi connectivity index (χ2v) is 4.27. The summed E-state index contributed by atoms with van der Waals surface area (Å²) in [6, 6.07) is 7.21. The molecule has 0 fully saturated rings. The van der Waals surface area contributed by atoms with Crippen LogP contribution in [-0.2, 0) is 0 Å². The van der Waals surface area contributed by atoms with Gasteiger partial charge in [0, 0.05) is 4.47 Å². The highest BCUT2D eigenvalue weighted by molar-refractivity contribution is 9.10. The summed E-state index contributed by atoms with van der Waals surface area (Å²) in [5, 5.41) is 18.5. The predicted octanol–water partition coefficient (Wildman–Crippen LogP) is 2.82. The molecule has 0 spiro atoms. The standard InChI is InChI=1S/C11H7BrFN3O2/c12-6-1-2-8(7(13)5-6)14-10-4-3-9(11(17)18)15-16-10/h1-5H,(H,14,16)(H,17,18). The number of hydrogen-bond acceptors (Lipinski definition) is 4. The van der Waals surface area contributed by atoms with Gasteiger partial charge in [-0.25, -0.2) is 9.18 Å². The maximum atomic E-state index is 13.5. The highest BCUT2D eigenvalue weighted by atomic mass is 79.9. The molecule has 0 atom stereocenters. The number of halogens is 2. The maximum Gasteiger partial charge on any atom is 0.356 e. The lowest BCUT2D eigenvalue weighted by atomic mass is 10.3. The maximum absolute atomic E-state index is 13.5. The van der Waals surface area contributed by atoms with Crippen LogP contribution in [0.25, 0.3) is 0 Å². The molecule has 1 aromatic heterocycles. The van der Waals surface area contributed by atoms with Gasteiger partial charge in [0.2, 0.25) is 0 Å². The molecule has 0 saturated carbocycles. The molecule has 1 heterocycles. The fourth-order valence-corrected chi connectivity index (χ4v) is 1.57. The number of aromatic nitrogens is 2. The Labute approximate surface area is 110 Å². The number of anilines is 2. The first-order chi connectivity index (χ1) is 8.56. The van der Waals surface area contributed by atoms with E-state index in [0.717, 1.165) is 0 Å². The normalized spacial score (nSPS) is 10.1. The number of benzene rings is 1. The number of carbonyl (C=O) groups is 1. The van der Waals surface area contributed by atoms with Gasteiger partial charge in [-0.2, -0.15) is 0 Å². The van der Waals surface area contributed by atoms with E-state index in [2.05, 4.69) is 31.4 Å². The Balaban J connectivity index is 2.21. The summed E-state index contributed by atoms with van der Waals surface area (Å²) in [6.07, 6.45) is 0. The fraction of sp³-hybridized carbons (Fsp3) is 0. The summed E-state index contributed by atoms with van der Waals surface area (Å²) in [5.74, 6) is -1.35. The minimum Gasteiger partial charge on any atom is -0.476 e. The van der Waals surface area contributed by atoms with E-state index in [0.29, 0.717) is 4.47 Å². The van der Waals surface area contributed by atoms with E-state index in [-0.39, 0.29) is 17.2 Å². The van der Waals surface area contributed by atoms with Gasteiger partial charge in [-0.15, -0.1) is 10.2 Å². The number of nitrogens with zero attached hydrogens (tertiary/aromatic N) is 2. The molecule has 18 heavy (non-hydrogen) atoms. The first-order valence-corrected chi connectivity index (χ1v) is 5.64. The molecule has 7 heteroatoms. The molecule has 0 aliphatic rings. The Morgan fingerprint density at radius 2 is 2.06 bits per heavy atom. The van der Waals surface area contributed by atoms with Gasteiger partial charge in [-0.1, -0.05) is 15.9 Å². The minimum atomic E-state index is -1.16. The molecular formula is C11H7BrFN3O2. The zero-order valence-electron chi connectivity index (χ0n) is 8.89. The first kappa shape index (κ1) is 12.4. The van der Waals surface area contributed by atoms with E-state index in [9.17, 15) is 9.18 Å². The van der Waals surface area contributed by atoms with Gasteiger partial charge in [-0.3, -0.25) is 0 Å². The van der Waals surface area contributed by atoms with E-state index < -0.39 is 11.8 Å². The Morgan fingerprint density at radius 1 is 1.28 bits per heavy atom. The molecule has 0 amide bonds. The minimum absolute atomic E-state index is 0.170. The van der Waals surface area contributed by atoms with Crippen molar-refractivity contribution in [3.05, 3.63) is 46.3 Å². The van der Waals surface area contributed by atoms with Crippen molar-refractivity contribution in [2.45, 2.75) is 0 Å². The molecular weight excluding hydrogens is 305 g/mol. The van der Waals surface area contributed by atoms with Crippen LogP contribution in [0.15, 0.2) is 34.8 Å². The largest absolute Gasteiger partial charge is 0.476 e. The van der Waals surface area contributed by atoms with Crippen molar-refractivity contribution in [3.63, 3.8) is 0 Å². The molecule has 2 rings (SSSR count). The molecule has 0 radical (unpaired) electrons. The van der Waals surface area contributed by atoms with E-state index in [4.69, 9.17) is 5.11 Å². The van der Waals surface area contributed by atoms with E-state index in [1.54, 1.807) is 6.07 Å². The Hall–Kier alpha value is -2.02. The Bertz CT molecular complexity index is 589. The third-order valence-corrected chi connectivity index (χ3v) is 2.57. The number of aromatic carboxylic acids is 1. The van der Waals surface area contributed by atoms with Crippen molar-refractivity contribution in [1.29, 1.82) is 0 Å². The van der Waals surface area contributed by atoms with Crippen molar-refractivity contribution in [2.75, 3.05) is 5.32 Å². The van der Waals surface area contributed by atoms with Gasteiger partial charge in [0.1, 0.15) is 5.82 Å². The van der Waals surface area contributed by atoms with Crippen molar-refractivity contribution in [2.24, 2.45) is 0 Å². The number of carboxylic acids is 1. The van der Waals surface area contributed by atoms with E-state index in [1.165, 1.54) is 24.3 Å². The summed E-state index contributed by atoms with van der Waals surface area (Å²) < 4.78 is 14.1. The Kier molecular flexibility index (Phi) is 3.52. The summed E-state index contributed by atoms with van der Waals surface area (Å²) >= 11 is 3.15. The second kappa shape index (κ2) is 5.09. The van der Waals surface area contributed by atoms with Crippen molar-refractivity contribution < 1.29 is 14.3 Å². The van der Waals surface area contributed by atoms with Crippen LogP contribution in [0.5, 0.6) is 0 Å². The van der Waals surface area contributed by atoms with Gasteiger partial charge in [0.15, 0.2) is 11.5 Å². The number of rotatable bonds is 3. The topological polar surface area (TPSA) is 75.1 Å². The van der Waals surface area contributed by atoms with Crippen LogP contribution in [-0.4, -0.2) is 21.3 Å². The molecule has 0 saturated heterocycles. The van der Waals surface area contributed by atoms with Crippen LogP contribution >= 0.6 is 15.9 Å². The first-order valence-electron chi connectivity index (χ1n) is 4.85. The highest BCUT2D eigenvalue weighted by Crippen LogP contribution is 2.21. The van der Waals surface area contributed by atoms with E-state index in [1.807, 2.05) is 0 Å². The van der Waals surface area contributed by atoms with Crippen LogP contribution < -0.4 is 5.32 Å². The second-order valence-electron chi connectivity index (χ2n) is 3.36. The summed E-state index contributed by atoms with van der Waals surface area (Å²) in [5.41, 5.74) is 0.0624. The SMILES string of the molecule is O=C(O)c1ccc(Nc2ccc(Br)cc2F)nn1. The van der Waals surface area contributed by atoms with Gasteiger partial charge in [0.05, 0.1) is 5.69 Å². The quantitative estimate of drug-likeness (QED) is 0.911. The molecule has 1 aromatic carbocycles. The monoisotopic (exact) mass is 311 g/mol. The molecule has 5 nitrogen and oxygen atoms in total. The van der Waals surface area contributed by atoms with Gasteiger partial charge in [0.25, 0.3) is 0 Å². The van der Waals surface area contributed by atoms with Crippen molar-refractivity contribution in [3.8, 4) is 0 Å². The molecule has 2 N–H and O–H groups in total. The van der Waals surface area contributed by atoms with Crippen LogP contribution in [0.1, 0.15) is 10.5 Å². The molecule has 0 bridgehead atoms. The van der Waals surface area contributed by atoms with Crippen molar-refractivity contribution >= 4 is 33.4 Å². The fourth-order valence-electron chi connectivity index (χ4n) is 1.24. The average Bonchev–Trinajstić information content (AvgIpc) is 2.33. The zero-order valence-corrected chi connectivity index (χ0v) is 10.5. The average molecular weight is 312 g/mol. The van der Waals surface area contributed by atoms with Crippen LogP contribution in [0, 0.1) is 5.82 Å². The summed E-state index contributed by atoms with van der Waals surface area (Å²) in [4.78, 5) is 10.6. The van der Waals surface area contributed by atoms with Crippen LogP contribution in [0.4, 0.5) is 15.9 Å². The number of nitrogens with one attached hydrogen (secondary N) is 1.